The van der Waals surface area contributed by atoms with Crippen molar-refractivity contribution in [1.82, 2.24) is 10.2 Å². The minimum absolute atomic E-state index is 0.0581. The van der Waals surface area contributed by atoms with Crippen LogP contribution in [0.5, 0.6) is 0 Å². The summed E-state index contributed by atoms with van der Waals surface area (Å²) in [6, 6.07) is 18.4. The van der Waals surface area contributed by atoms with E-state index in [2.05, 4.69) is 23.5 Å². The third kappa shape index (κ3) is 4.26. The van der Waals surface area contributed by atoms with E-state index >= 15 is 0 Å². The third-order valence-corrected chi connectivity index (χ3v) is 5.82. The molecule has 0 bridgehead atoms. The highest BCUT2D eigenvalue weighted by atomic mass is 16.6. The van der Waals surface area contributed by atoms with Gasteiger partial charge < -0.3 is 19.7 Å². The molecule has 7 nitrogen and oxygen atoms in total. The van der Waals surface area contributed by atoms with E-state index in [4.69, 9.17) is 9.47 Å². The van der Waals surface area contributed by atoms with Gasteiger partial charge in [0.15, 0.2) is 0 Å². The summed E-state index contributed by atoms with van der Waals surface area (Å²) in [6.45, 7) is 5.90. The summed E-state index contributed by atoms with van der Waals surface area (Å²) >= 11 is 0. The third-order valence-electron chi connectivity index (χ3n) is 5.82. The topological polar surface area (TPSA) is 91.7 Å². The molecular formula is C25H27N3O4. The zero-order chi connectivity index (χ0) is 22.9. The molecule has 166 valence electrons. The molecular weight excluding hydrogens is 406 g/mol. The van der Waals surface area contributed by atoms with Crippen LogP contribution in [0, 0.1) is 11.3 Å². The van der Waals surface area contributed by atoms with Crippen LogP contribution >= 0.6 is 0 Å². The predicted octanol–water partition coefficient (Wildman–Crippen LogP) is 4.43. The smallest absolute Gasteiger partial charge is 0.410 e. The molecule has 32 heavy (non-hydrogen) atoms. The number of alkyl carbamates (subject to hydrolysis) is 1. The number of nitriles is 1. The Morgan fingerprint density at radius 3 is 2.28 bits per heavy atom. The molecule has 2 aromatic rings. The van der Waals surface area contributed by atoms with Crippen LogP contribution in [0.15, 0.2) is 48.5 Å². The molecule has 1 heterocycles. The number of hydrogen-bond donors (Lipinski definition) is 1. The summed E-state index contributed by atoms with van der Waals surface area (Å²) in [7, 11) is 0. The number of benzene rings is 2. The maximum atomic E-state index is 12.6. The van der Waals surface area contributed by atoms with Gasteiger partial charge in [0.1, 0.15) is 17.7 Å². The summed E-state index contributed by atoms with van der Waals surface area (Å²) in [5.41, 5.74) is 2.71. The Labute approximate surface area is 187 Å². The summed E-state index contributed by atoms with van der Waals surface area (Å²) in [6.07, 6.45) is -0.851. The number of likely N-dealkylation sites (tertiary alicyclic amines) is 1. The number of hydrogen-bond acceptors (Lipinski definition) is 5. The molecule has 2 aromatic carbocycles. The summed E-state index contributed by atoms with van der Waals surface area (Å²) < 4.78 is 10.9. The monoisotopic (exact) mass is 433 g/mol. The van der Waals surface area contributed by atoms with Crippen molar-refractivity contribution in [2.75, 3.05) is 19.7 Å². The van der Waals surface area contributed by atoms with E-state index in [0.29, 0.717) is 13.0 Å². The number of nitrogens with one attached hydrogen (secondary N) is 1. The molecule has 1 saturated heterocycles. The van der Waals surface area contributed by atoms with Crippen LogP contribution < -0.4 is 5.32 Å². The molecule has 0 saturated carbocycles. The molecule has 1 aliphatic heterocycles. The van der Waals surface area contributed by atoms with E-state index < -0.39 is 23.3 Å². The number of rotatable bonds is 3. The van der Waals surface area contributed by atoms with Crippen LogP contribution in [0.3, 0.4) is 0 Å². The molecule has 1 fully saturated rings. The first-order valence-corrected chi connectivity index (χ1v) is 10.7. The van der Waals surface area contributed by atoms with Crippen LogP contribution in [0.1, 0.15) is 44.2 Å². The average Bonchev–Trinajstić information content (AvgIpc) is 3.31. The molecule has 1 N–H and O–H groups in total. The molecule has 1 unspecified atom stereocenters. The number of amides is 2. The number of nitrogens with zero attached hydrogens (tertiary/aromatic N) is 2. The maximum absolute atomic E-state index is 12.6. The van der Waals surface area contributed by atoms with Crippen LogP contribution in [-0.4, -0.2) is 47.9 Å². The second-order valence-corrected chi connectivity index (χ2v) is 9.30. The normalized spacial score (nSPS) is 19.6. The van der Waals surface area contributed by atoms with Gasteiger partial charge in [0, 0.05) is 18.9 Å². The first-order valence-electron chi connectivity index (χ1n) is 10.7. The van der Waals surface area contributed by atoms with Crippen LogP contribution in [0.2, 0.25) is 0 Å². The lowest BCUT2D eigenvalue weighted by Gasteiger charge is -2.26. The van der Waals surface area contributed by atoms with Crippen LogP contribution in [0.25, 0.3) is 11.1 Å². The van der Waals surface area contributed by atoms with Gasteiger partial charge in [-0.3, -0.25) is 0 Å². The van der Waals surface area contributed by atoms with Crippen molar-refractivity contribution < 1.29 is 19.1 Å². The van der Waals surface area contributed by atoms with Crippen molar-refractivity contribution >= 4 is 12.2 Å². The molecule has 0 spiro atoms. The Hall–Kier alpha value is -3.53. The lowest BCUT2D eigenvalue weighted by molar-refractivity contribution is 0.0284. The molecule has 1 atom stereocenters. The Morgan fingerprint density at radius 1 is 1.12 bits per heavy atom. The molecule has 1 aliphatic carbocycles. The first kappa shape index (κ1) is 21.7. The fourth-order valence-corrected chi connectivity index (χ4v) is 4.34. The van der Waals surface area contributed by atoms with Crippen molar-refractivity contribution in [1.29, 1.82) is 5.26 Å². The maximum Gasteiger partial charge on any atom is 0.410 e. The first-order chi connectivity index (χ1) is 15.2. The van der Waals surface area contributed by atoms with E-state index in [1.165, 1.54) is 4.90 Å². The van der Waals surface area contributed by atoms with Gasteiger partial charge >= 0.3 is 12.2 Å². The number of fused-ring (bicyclic) bond motifs is 3. The van der Waals surface area contributed by atoms with Gasteiger partial charge in [0.05, 0.1) is 12.6 Å². The van der Waals surface area contributed by atoms with Crippen molar-refractivity contribution in [3.8, 4) is 17.2 Å². The quantitative estimate of drug-likeness (QED) is 0.773. The fourth-order valence-electron chi connectivity index (χ4n) is 4.34. The van der Waals surface area contributed by atoms with Crippen LogP contribution in [0.4, 0.5) is 9.59 Å². The van der Waals surface area contributed by atoms with Crippen molar-refractivity contribution in [2.45, 2.75) is 44.2 Å². The van der Waals surface area contributed by atoms with Crippen molar-refractivity contribution in [3.63, 3.8) is 0 Å². The summed E-state index contributed by atoms with van der Waals surface area (Å²) in [5, 5.41) is 12.4. The van der Waals surface area contributed by atoms with Gasteiger partial charge in [-0.2, -0.15) is 5.26 Å². The number of carbonyl (C=O) groups excluding carboxylic acids is 2. The van der Waals surface area contributed by atoms with E-state index in [0.717, 1.165) is 22.3 Å². The van der Waals surface area contributed by atoms with Gasteiger partial charge in [0.25, 0.3) is 0 Å². The Kier molecular flexibility index (Phi) is 5.55. The summed E-state index contributed by atoms with van der Waals surface area (Å²) in [5.74, 6) is -0.0620. The highest BCUT2D eigenvalue weighted by molar-refractivity contribution is 5.79. The zero-order valence-electron chi connectivity index (χ0n) is 18.6. The Bertz CT molecular complexity index is 1040. The number of carbonyl (C=O) groups is 2. The van der Waals surface area contributed by atoms with Crippen molar-refractivity contribution in [2.24, 2.45) is 0 Å². The lowest BCUT2D eigenvalue weighted by atomic mass is 9.98. The van der Waals surface area contributed by atoms with Crippen molar-refractivity contribution in [3.05, 3.63) is 59.7 Å². The Morgan fingerprint density at radius 2 is 1.72 bits per heavy atom. The molecule has 0 radical (unpaired) electrons. The van der Waals surface area contributed by atoms with E-state index in [-0.39, 0.29) is 19.1 Å². The SMILES string of the molecule is CC(C)(C)OC(=O)N1CCC(C#N)(NC(=O)OCC2c3ccccc3-c3ccccc32)C1. The van der Waals surface area contributed by atoms with Gasteiger partial charge in [0.2, 0.25) is 0 Å². The zero-order valence-corrected chi connectivity index (χ0v) is 18.6. The molecule has 2 amide bonds. The van der Waals surface area contributed by atoms with Crippen LogP contribution in [-0.2, 0) is 9.47 Å². The molecule has 0 aromatic heterocycles. The van der Waals surface area contributed by atoms with E-state index in [9.17, 15) is 14.9 Å². The highest BCUT2D eigenvalue weighted by Gasteiger charge is 2.43. The minimum Gasteiger partial charge on any atom is -0.449 e. The van der Waals surface area contributed by atoms with E-state index in [1.54, 1.807) is 20.8 Å². The highest BCUT2D eigenvalue weighted by Crippen LogP contribution is 2.44. The molecule has 7 heteroatoms. The largest absolute Gasteiger partial charge is 0.449 e. The fraction of sp³-hybridized carbons (Fsp3) is 0.400. The van der Waals surface area contributed by atoms with Gasteiger partial charge in [-0.05, 0) is 43.0 Å². The van der Waals surface area contributed by atoms with E-state index in [1.807, 2.05) is 36.4 Å². The number of ether oxygens (including phenoxy) is 2. The minimum atomic E-state index is -1.19. The summed E-state index contributed by atoms with van der Waals surface area (Å²) in [4.78, 5) is 26.4. The van der Waals surface area contributed by atoms with Gasteiger partial charge in [-0.1, -0.05) is 48.5 Å². The second-order valence-electron chi connectivity index (χ2n) is 9.30. The second kappa shape index (κ2) is 8.19. The molecule has 4 rings (SSSR count). The molecule has 2 aliphatic rings. The van der Waals surface area contributed by atoms with Gasteiger partial charge in [-0.25, -0.2) is 9.59 Å². The standard InChI is InChI=1S/C25H27N3O4/c1-24(2,3)32-23(30)28-13-12-25(15-26,16-28)27-22(29)31-14-21-19-10-6-4-8-17(19)18-9-5-7-11-20(18)21/h4-11,21H,12-14,16H2,1-3H3,(H,27,29). The average molecular weight is 434 g/mol. The lowest BCUT2D eigenvalue weighted by Crippen LogP contribution is -2.50. The van der Waals surface area contributed by atoms with Gasteiger partial charge in [-0.15, -0.1) is 0 Å². The predicted molar refractivity (Wildman–Crippen MR) is 119 cm³/mol. The Balaban J connectivity index is 1.40.